The van der Waals surface area contributed by atoms with E-state index in [-0.39, 0.29) is 6.61 Å². The van der Waals surface area contributed by atoms with E-state index in [4.69, 9.17) is 15.6 Å². The molecule has 0 fully saturated rings. The zero-order chi connectivity index (χ0) is 10.4. The van der Waals surface area contributed by atoms with Gasteiger partial charge in [-0.3, -0.25) is 0 Å². The number of aliphatic hydroxyl groups excluding tert-OH is 1. The summed E-state index contributed by atoms with van der Waals surface area (Å²) < 4.78 is 5.35. The lowest BCUT2D eigenvalue weighted by molar-refractivity contribution is 0.322. The number of hydrogen-bond donors (Lipinski definition) is 2. The van der Waals surface area contributed by atoms with E-state index in [0.717, 1.165) is 10.6 Å². The van der Waals surface area contributed by atoms with Gasteiger partial charge in [-0.25, -0.2) is 0 Å². The fraction of sp³-hybridized carbons (Fsp3) is 0.400. The average Bonchev–Trinajstić information content (AvgIpc) is 2.14. The van der Waals surface area contributed by atoms with Crippen LogP contribution in [0.2, 0.25) is 0 Å². The average molecular weight is 213 g/mol. The minimum absolute atomic E-state index is 0.170. The van der Waals surface area contributed by atoms with E-state index < -0.39 is 0 Å². The Morgan fingerprint density at radius 3 is 2.86 bits per heavy atom. The number of thioether (sulfide) groups is 1. The fourth-order valence-electron chi connectivity index (χ4n) is 1.09. The number of hydrogen-bond acceptors (Lipinski definition) is 4. The van der Waals surface area contributed by atoms with Crippen LogP contribution in [-0.4, -0.2) is 24.1 Å². The molecule has 78 valence electrons. The Labute approximate surface area is 88.3 Å². The summed E-state index contributed by atoms with van der Waals surface area (Å²) in [6.45, 7) is 2.74. The Balaban J connectivity index is 2.73. The molecule has 0 radical (unpaired) electrons. The van der Waals surface area contributed by atoms with Crippen LogP contribution in [0.5, 0.6) is 5.75 Å². The highest BCUT2D eigenvalue weighted by molar-refractivity contribution is 7.99. The Bertz CT molecular complexity index is 291. The summed E-state index contributed by atoms with van der Waals surface area (Å²) in [6.07, 6.45) is 0. The molecule has 4 heteroatoms. The third kappa shape index (κ3) is 3.47. The van der Waals surface area contributed by atoms with E-state index in [1.54, 1.807) is 17.8 Å². The van der Waals surface area contributed by atoms with E-state index in [1.165, 1.54) is 0 Å². The van der Waals surface area contributed by atoms with E-state index >= 15 is 0 Å². The molecule has 0 aliphatic heterocycles. The molecule has 14 heavy (non-hydrogen) atoms. The molecule has 1 aromatic carbocycles. The first-order valence-corrected chi connectivity index (χ1v) is 5.52. The van der Waals surface area contributed by atoms with E-state index in [0.29, 0.717) is 18.0 Å². The van der Waals surface area contributed by atoms with Crippen LogP contribution >= 0.6 is 11.8 Å². The monoisotopic (exact) mass is 213 g/mol. The Hall–Kier alpha value is -0.870. The lowest BCUT2D eigenvalue weighted by Crippen LogP contribution is -1.94. The normalized spacial score (nSPS) is 10.1. The van der Waals surface area contributed by atoms with Gasteiger partial charge in [0.05, 0.1) is 13.2 Å². The fourth-order valence-corrected chi connectivity index (χ4v) is 1.84. The van der Waals surface area contributed by atoms with Crippen LogP contribution in [-0.2, 0) is 0 Å². The second kappa shape index (κ2) is 5.78. The Kier molecular flexibility index (Phi) is 4.62. The molecule has 0 aromatic heterocycles. The minimum atomic E-state index is 0.170. The molecular weight excluding hydrogens is 198 g/mol. The predicted octanol–water partition coefficient (Wildman–Crippen LogP) is 1.75. The van der Waals surface area contributed by atoms with Gasteiger partial charge in [-0.1, -0.05) is 0 Å². The Morgan fingerprint density at radius 2 is 2.21 bits per heavy atom. The number of benzene rings is 1. The number of nitrogens with two attached hydrogens (primary N) is 1. The lowest BCUT2D eigenvalue weighted by Gasteiger charge is -2.07. The summed E-state index contributed by atoms with van der Waals surface area (Å²) in [5.41, 5.74) is 6.40. The number of anilines is 1. The van der Waals surface area contributed by atoms with Crippen molar-refractivity contribution in [2.24, 2.45) is 0 Å². The van der Waals surface area contributed by atoms with Crippen LogP contribution < -0.4 is 10.5 Å². The van der Waals surface area contributed by atoms with Gasteiger partial charge in [-0.2, -0.15) is 0 Å². The van der Waals surface area contributed by atoms with Crippen molar-refractivity contribution < 1.29 is 9.84 Å². The molecule has 3 nitrogen and oxygen atoms in total. The molecule has 0 amide bonds. The van der Waals surface area contributed by atoms with Crippen LogP contribution in [0, 0.1) is 0 Å². The SMILES string of the molecule is CCOc1cc(N)cc(SCCO)c1. The summed E-state index contributed by atoms with van der Waals surface area (Å²) >= 11 is 1.56. The molecular formula is C10H15NO2S. The third-order valence-electron chi connectivity index (χ3n) is 1.57. The summed E-state index contributed by atoms with van der Waals surface area (Å²) in [5, 5.41) is 8.69. The van der Waals surface area contributed by atoms with Gasteiger partial charge < -0.3 is 15.6 Å². The largest absolute Gasteiger partial charge is 0.494 e. The second-order valence-electron chi connectivity index (χ2n) is 2.74. The summed E-state index contributed by atoms with van der Waals surface area (Å²) in [7, 11) is 0. The smallest absolute Gasteiger partial charge is 0.122 e. The van der Waals surface area contributed by atoms with Crippen molar-refractivity contribution in [3.63, 3.8) is 0 Å². The van der Waals surface area contributed by atoms with Crippen molar-refractivity contribution >= 4 is 17.4 Å². The molecule has 3 N–H and O–H groups in total. The summed E-state index contributed by atoms with van der Waals surface area (Å²) in [6, 6.07) is 5.61. The molecule has 0 spiro atoms. The molecule has 0 saturated carbocycles. The predicted molar refractivity (Wildman–Crippen MR) is 59.8 cm³/mol. The highest BCUT2D eigenvalue weighted by Gasteiger charge is 1.99. The van der Waals surface area contributed by atoms with Gasteiger partial charge in [0, 0.05) is 22.4 Å². The number of rotatable bonds is 5. The van der Waals surface area contributed by atoms with Crippen molar-refractivity contribution in [3.05, 3.63) is 18.2 Å². The van der Waals surface area contributed by atoms with Crippen LogP contribution in [0.25, 0.3) is 0 Å². The number of nitrogen functional groups attached to an aromatic ring is 1. The van der Waals surface area contributed by atoms with Crippen LogP contribution in [0.4, 0.5) is 5.69 Å². The first-order chi connectivity index (χ1) is 6.76. The van der Waals surface area contributed by atoms with Gasteiger partial charge in [-0.05, 0) is 19.1 Å². The van der Waals surface area contributed by atoms with Crippen LogP contribution in [0.15, 0.2) is 23.1 Å². The zero-order valence-electron chi connectivity index (χ0n) is 8.19. The summed E-state index contributed by atoms with van der Waals surface area (Å²) in [5.74, 6) is 1.46. The quantitative estimate of drug-likeness (QED) is 0.578. The minimum Gasteiger partial charge on any atom is -0.494 e. The van der Waals surface area contributed by atoms with Gasteiger partial charge in [0.2, 0.25) is 0 Å². The highest BCUT2D eigenvalue weighted by atomic mass is 32.2. The molecule has 0 unspecified atom stereocenters. The Morgan fingerprint density at radius 1 is 1.43 bits per heavy atom. The standard InChI is InChI=1S/C10H15NO2S/c1-2-13-9-5-8(11)6-10(7-9)14-4-3-12/h5-7,12H,2-4,11H2,1H3. The molecule has 0 saturated heterocycles. The topological polar surface area (TPSA) is 55.5 Å². The second-order valence-corrected chi connectivity index (χ2v) is 3.91. The molecule has 0 aliphatic carbocycles. The van der Waals surface area contributed by atoms with Gasteiger partial charge in [-0.15, -0.1) is 11.8 Å². The van der Waals surface area contributed by atoms with E-state index in [9.17, 15) is 0 Å². The summed E-state index contributed by atoms with van der Waals surface area (Å²) in [4.78, 5) is 1.03. The lowest BCUT2D eigenvalue weighted by atomic mass is 10.3. The zero-order valence-corrected chi connectivity index (χ0v) is 9.01. The number of ether oxygens (including phenoxy) is 1. The van der Waals surface area contributed by atoms with E-state index in [1.807, 2.05) is 19.1 Å². The molecule has 0 atom stereocenters. The number of aliphatic hydroxyl groups is 1. The van der Waals surface area contributed by atoms with Gasteiger partial charge in [0.1, 0.15) is 5.75 Å². The highest BCUT2D eigenvalue weighted by Crippen LogP contribution is 2.26. The van der Waals surface area contributed by atoms with Crippen LogP contribution in [0.1, 0.15) is 6.92 Å². The third-order valence-corrected chi connectivity index (χ3v) is 2.53. The molecule has 1 aromatic rings. The van der Waals surface area contributed by atoms with Gasteiger partial charge in [0.25, 0.3) is 0 Å². The van der Waals surface area contributed by atoms with Crippen molar-refractivity contribution in [3.8, 4) is 5.75 Å². The first-order valence-electron chi connectivity index (χ1n) is 4.53. The van der Waals surface area contributed by atoms with Crippen molar-refractivity contribution in [2.75, 3.05) is 24.7 Å². The van der Waals surface area contributed by atoms with Gasteiger partial charge in [0.15, 0.2) is 0 Å². The van der Waals surface area contributed by atoms with Crippen molar-refractivity contribution in [2.45, 2.75) is 11.8 Å². The maximum absolute atomic E-state index is 8.69. The van der Waals surface area contributed by atoms with Crippen molar-refractivity contribution in [1.29, 1.82) is 0 Å². The molecule has 0 bridgehead atoms. The van der Waals surface area contributed by atoms with Crippen LogP contribution in [0.3, 0.4) is 0 Å². The van der Waals surface area contributed by atoms with Gasteiger partial charge >= 0.3 is 0 Å². The van der Waals surface area contributed by atoms with E-state index in [2.05, 4.69) is 0 Å². The van der Waals surface area contributed by atoms with Crippen molar-refractivity contribution in [1.82, 2.24) is 0 Å². The first kappa shape index (κ1) is 11.2. The maximum atomic E-state index is 8.69. The molecule has 1 rings (SSSR count). The molecule has 0 aliphatic rings. The molecule has 0 heterocycles. The maximum Gasteiger partial charge on any atom is 0.122 e.